The first-order valence-electron chi connectivity index (χ1n) is 10.1. The molecule has 4 rings (SSSR count). The molecule has 0 saturated heterocycles. The van der Waals surface area contributed by atoms with Gasteiger partial charge in [-0.1, -0.05) is 34.1 Å². The van der Waals surface area contributed by atoms with E-state index in [-0.39, 0.29) is 0 Å². The van der Waals surface area contributed by atoms with Gasteiger partial charge in [-0.25, -0.2) is 0 Å². The number of para-hydroxylation sites is 1. The van der Waals surface area contributed by atoms with Crippen LogP contribution < -0.4 is 9.64 Å². The third-order valence-electron chi connectivity index (χ3n) is 5.69. The lowest BCUT2D eigenvalue weighted by Crippen LogP contribution is -2.62. The molecule has 0 radical (unpaired) electrons. The van der Waals surface area contributed by atoms with E-state index in [1.165, 1.54) is 19.0 Å². The van der Waals surface area contributed by atoms with Crippen LogP contribution in [0, 0.1) is 0 Å². The standard InChI is InChI=1S/C22H26BrN5O4/c1-22(21(30-3)31-4)20(29)19(16-12-14(23)10-11-17(16)32-22)28(15-8-6-5-7-9-15)13-18-24-26-27(2)25-18/h5-12,19-21,29H,13H2,1-4H3/t19-,20+,22+/m0/s1. The van der Waals surface area contributed by atoms with Crippen LogP contribution in [-0.2, 0) is 23.1 Å². The van der Waals surface area contributed by atoms with Gasteiger partial charge in [0.15, 0.2) is 17.7 Å². The van der Waals surface area contributed by atoms with Crippen molar-refractivity contribution in [2.45, 2.75) is 37.5 Å². The molecule has 0 unspecified atom stereocenters. The Bertz CT molecular complexity index is 1060. The number of methoxy groups -OCH3 is 2. The fraction of sp³-hybridized carbons (Fsp3) is 0.409. The van der Waals surface area contributed by atoms with E-state index in [1.807, 2.05) is 48.5 Å². The molecular formula is C22H26BrN5O4. The molecule has 3 atom stereocenters. The van der Waals surface area contributed by atoms with Crippen molar-refractivity contribution < 1.29 is 19.3 Å². The summed E-state index contributed by atoms with van der Waals surface area (Å²) in [5.74, 6) is 1.17. The Kier molecular flexibility index (Phi) is 6.47. The van der Waals surface area contributed by atoms with E-state index in [4.69, 9.17) is 14.2 Å². The molecule has 9 nitrogen and oxygen atoms in total. The Hall–Kier alpha value is -2.53. The number of ether oxygens (including phenoxy) is 3. The van der Waals surface area contributed by atoms with E-state index < -0.39 is 24.0 Å². The monoisotopic (exact) mass is 503 g/mol. The number of aliphatic hydroxyl groups is 1. The summed E-state index contributed by atoms with van der Waals surface area (Å²) < 4.78 is 18.2. The number of aryl methyl sites for hydroxylation is 1. The summed E-state index contributed by atoms with van der Waals surface area (Å²) in [7, 11) is 4.78. The highest BCUT2D eigenvalue weighted by molar-refractivity contribution is 9.10. The first-order valence-corrected chi connectivity index (χ1v) is 10.9. The minimum Gasteiger partial charge on any atom is -0.479 e. The lowest BCUT2D eigenvalue weighted by Gasteiger charge is -2.49. The van der Waals surface area contributed by atoms with Crippen LogP contribution in [0.5, 0.6) is 5.75 Å². The van der Waals surface area contributed by atoms with Gasteiger partial charge < -0.3 is 24.2 Å². The molecule has 170 valence electrons. The van der Waals surface area contributed by atoms with Gasteiger partial charge in [0.25, 0.3) is 0 Å². The Labute approximate surface area is 195 Å². The van der Waals surface area contributed by atoms with Crippen LogP contribution >= 0.6 is 15.9 Å². The molecule has 0 bridgehead atoms. The average Bonchev–Trinajstić information content (AvgIpc) is 3.20. The molecule has 1 aromatic heterocycles. The summed E-state index contributed by atoms with van der Waals surface area (Å²) in [5, 5.41) is 24.3. The van der Waals surface area contributed by atoms with E-state index in [0.29, 0.717) is 18.1 Å². The van der Waals surface area contributed by atoms with Crippen LogP contribution in [0.15, 0.2) is 53.0 Å². The predicted octanol–water partition coefficient (Wildman–Crippen LogP) is 2.85. The zero-order valence-corrected chi connectivity index (χ0v) is 19.9. The molecule has 1 aliphatic rings. The molecule has 0 aliphatic carbocycles. The van der Waals surface area contributed by atoms with Crippen LogP contribution in [0.4, 0.5) is 5.69 Å². The average molecular weight is 504 g/mol. The number of halogens is 1. The van der Waals surface area contributed by atoms with Gasteiger partial charge in [-0.3, -0.25) is 0 Å². The van der Waals surface area contributed by atoms with Crippen molar-refractivity contribution in [3.05, 3.63) is 64.4 Å². The van der Waals surface area contributed by atoms with Crippen LogP contribution in [0.3, 0.4) is 0 Å². The quantitative estimate of drug-likeness (QED) is 0.491. The van der Waals surface area contributed by atoms with Crippen molar-refractivity contribution in [3.8, 4) is 5.75 Å². The number of hydrogen-bond acceptors (Lipinski definition) is 8. The Morgan fingerprint density at radius 1 is 1.22 bits per heavy atom. The van der Waals surface area contributed by atoms with Gasteiger partial charge in [0.05, 0.1) is 19.6 Å². The lowest BCUT2D eigenvalue weighted by molar-refractivity contribution is -0.237. The maximum absolute atomic E-state index is 11.8. The zero-order valence-electron chi connectivity index (χ0n) is 18.3. The maximum atomic E-state index is 11.8. The summed E-state index contributed by atoms with van der Waals surface area (Å²) in [6, 6.07) is 15.0. The largest absolute Gasteiger partial charge is 0.479 e. The van der Waals surface area contributed by atoms with Crippen molar-refractivity contribution in [1.82, 2.24) is 20.2 Å². The molecule has 32 heavy (non-hydrogen) atoms. The molecule has 10 heteroatoms. The molecule has 1 aliphatic heterocycles. The maximum Gasteiger partial charge on any atom is 0.199 e. The molecule has 3 aromatic rings. The van der Waals surface area contributed by atoms with Crippen LogP contribution in [0.1, 0.15) is 24.4 Å². The van der Waals surface area contributed by atoms with Gasteiger partial charge in [-0.15, -0.1) is 10.2 Å². The Balaban J connectivity index is 1.88. The summed E-state index contributed by atoms with van der Waals surface area (Å²) in [6.45, 7) is 2.11. The first-order chi connectivity index (χ1) is 15.4. The highest BCUT2D eigenvalue weighted by atomic mass is 79.9. The third-order valence-corrected chi connectivity index (χ3v) is 6.18. The number of fused-ring (bicyclic) bond motifs is 1. The minimum absolute atomic E-state index is 0.326. The molecule has 0 amide bonds. The molecule has 2 aromatic carbocycles. The number of anilines is 1. The zero-order chi connectivity index (χ0) is 22.9. The SMILES string of the molecule is COC(OC)[C@]1(C)Oc2ccc(Br)cc2[C@H](N(Cc2nnn(C)n2)c2ccccc2)[C@H]1O. The summed E-state index contributed by atoms with van der Waals surface area (Å²) >= 11 is 3.56. The number of aliphatic hydroxyl groups excluding tert-OH is 1. The second kappa shape index (κ2) is 9.14. The molecule has 2 heterocycles. The number of hydrogen-bond donors (Lipinski definition) is 1. The predicted molar refractivity (Wildman–Crippen MR) is 121 cm³/mol. The lowest BCUT2D eigenvalue weighted by atomic mass is 9.83. The summed E-state index contributed by atoms with van der Waals surface area (Å²) in [5.41, 5.74) is 0.534. The van der Waals surface area contributed by atoms with E-state index in [9.17, 15) is 5.11 Å². The third kappa shape index (κ3) is 4.11. The van der Waals surface area contributed by atoms with Crippen molar-refractivity contribution in [1.29, 1.82) is 0 Å². The molecule has 1 N–H and O–H groups in total. The van der Waals surface area contributed by atoms with E-state index in [1.54, 1.807) is 14.0 Å². The highest BCUT2D eigenvalue weighted by Crippen LogP contribution is 2.47. The van der Waals surface area contributed by atoms with Gasteiger partial charge in [0.2, 0.25) is 0 Å². The Morgan fingerprint density at radius 2 is 1.94 bits per heavy atom. The summed E-state index contributed by atoms with van der Waals surface area (Å²) in [6.07, 6.45) is -1.82. The fourth-order valence-corrected chi connectivity index (χ4v) is 4.60. The summed E-state index contributed by atoms with van der Waals surface area (Å²) in [4.78, 5) is 3.47. The second-order valence-corrected chi connectivity index (χ2v) is 8.74. The van der Waals surface area contributed by atoms with Crippen molar-refractivity contribution >= 4 is 21.6 Å². The molecular weight excluding hydrogens is 478 g/mol. The van der Waals surface area contributed by atoms with Gasteiger partial charge >= 0.3 is 0 Å². The fourth-order valence-electron chi connectivity index (χ4n) is 4.22. The van der Waals surface area contributed by atoms with Crippen LogP contribution in [0.25, 0.3) is 0 Å². The number of aromatic nitrogens is 4. The van der Waals surface area contributed by atoms with Gasteiger partial charge in [0.1, 0.15) is 11.9 Å². The minimum atomic E-state index is -1.18. The van der Waals surface area contributed by atoms with Crippen molar-refractivity contribution in [2.24, 2.45) is 7.05 Å². The smallest absolute Gasteiger partial charge is 0.199 e. The molecule has 0 saturated carbocycles. The van der Waals surface area contributed by atoms with Gasteiger partial charge in [0, 0.05) is 29.9 Å². The number of tetrazole rings is 1. The van der Waals surface area contributed by atoms with E-state index in [2.05, 4.69) is 36.2 Å². The van der Waals surface area contributed by atoms with E-state index >= 15 is 0 Å². The van der Waals surface area contributed by atoms with Crippen LogP contribution in [-0.4, -0.2) is 57.5 Å². The van der Waals surface area contributed by atoms with Gasteiger partial charge in [-0.05, 0) is 42.5 Å². The number of nitrogens with zero attached hydrogens (tertiary/aromatic N) is 5. The normalized spacial score (nSPS) is 22.5. The number of rotatable bonds is 7. The van der Waals surface area contributed by atoms with E-state index in [0.717, 1.165) is 15.7 Å². The topological polar surface area (TPSA) is 94.8 Å². The molecule has 0 spiro atoms. The Morgan fingerprint density at radius 3 is 2.56 bits per heavy atom. The van der Waals surface area contributed by atoms with Crippen molar-refractivity contribution in [2.75, 3.05) is 19.1 Å². The first kappa shape index (κ1) is 22.7. The number of benzene rings is 2. The van der Waals surface area contributed by atoms with Gasteiger partial charge in [-0.2, -0.15) is 4.80 Å². The molecule has 0 fully saturated rings. The highest BCUT2D eigenvalue weighted by Gasteiger charge is 2.54. The van der Waals surface area contributed by atoms with Crippen LogP contribution in [0.2, 0.25) is 0 Å². The second-order valence-electron chi connectivity index (χ2n) is 7.82. The van der Waals surface area contributed by atoms with Crippen molar-refractivity contribution in [3.63, 3.8) is 0 Å².